The van der Waals surface area contributed by atoms with E-state index in [1.807, 2.05) is 0 Å². The van der Waals surface area contributed by atoms with Gasteiger partial charge in [0.25, 0.3) is 0 Å². The molecule has 1 unspecified atom stereocenters. The maximum atomic E-state index is 13.6. The number of aliphatic hydroxyl groups is 2. The Morgan fingerprint density at radius 1 is 0.906 bits per heavy atom. The van der Waals surface area contributed by atoms with E-state index in [0.717, 1.165) is 64.2 Å². The lowest BCUT2D eigenvalue weighted by atomic mass is 9.41. The Morgan fingerprint density at radius 2 is 1.59 bits per heavy atom. The molecule has 3 aliphatic rings. The predicted octanol–water partition coefficient (Wildman–Crippen LogP) is 7.22. The van der Waals surface area contributed by atoms with Crippen LogP contribution in [0.2, 0.25) is 0 Å². The summed E-state index contributed by atoms with van der Waals surface area (Å²) >= 11 is 0. The molecule has 0 bridgehead atoms. The van der Waals surface area contributed by atoms with Crippen molar-refractivity contribution in [2.24, 2.45) is 29.1 Å². The van der Waals surface area contributed by atoms with Crippen molar-refractivity contribution >= 4 is 5.78 Å². The van der Waals surface area contributed by atoms with Gasteiger partial charge in [0.15, 0.2) is 0 Å². The molecule has 3 fully saturated rings. The summed E-state index contributed by atoms with van der Waals surface area (Å²) in [5.74, 6) is 1.74. The minimum Gasteiger partial charge on any atom is -0.393 e. The topological polar surface area (TPSA) is 57.5 Å². The molecule has 0 aromatic rings. The van der Waals surface area contributed by atoms with Crippen molar-refractivity contribution in [2.45, 2.75) is 148 Å². The summed E-state index contributed by atoms with van der Waals surface area (Å²) in [7, 11) is 0. The summed E-state index contributed by atoms with van der Waals surface area (Å²) < 4.78 is 0. The normalized spacial score (nSPS) is 34.2. The van der Waals surface area contributed by atoms with Crippen molar-refractivity contribution in [1.82, 2.24) is 0 Å². The Hall–Kier alpha value is -0.410. The third kappa shape index (κ3) is 5.98. The van der Waals surface area contributed by atoms with Crippen molar-refractivity contribution in [3.63, 3.8) is 0 Å². The molecule has 3 nitrogen and oxygen atoms in total. The number of unbranched alkanes of at least 4 members (excludes halogenated alkanes) is 6. The van der Waals surface area contributed by atoms with Crippen molar-refractivity contribution < 1.29 is 15.0 Å². The molecule has 0 amide bonds. The van der Waals surface area contributed by atoms with Gasteiger partial charge in [0.1, 0.15) is 5.78 Å². The summed E-state index contributed by atoms with van der Waals surface area (Å²) in [5.41, 5.74) is -0.150. The number of aliphatic hydroxyl groups excluding tert-OH is 2. The van der Waals surface area contributed by atoms with Crippen molar-refractivity contribution in [3.05, 3.63) is 0 Å². The second kappa shape index (κ2) is 12.9. The Labute approximate surface area is 198 Å². The summed E-state index contributed by atoms with van der Waals surface area (Å²) in [5, 5.41) is 22.0. The molecule has 0 aromatic heterocycles. The highest BCUT2D eigenvalue weighted by Crippen LogP contribution is 2.63. The Kier molecular flexibility index (Phi) is 10.6. The van der Waals surface area contributed by atoms with Gasteiger partial charge in [-0.1, -0.05) is 84.5 Å². The van der Waals surface area contributed by atoms with Crippen LogP contribution in [-0.4, -0.2) is 28.2 Å². The van der Waals surface area contributed by atoms with E-state index in [-0.39, 0.29) is 29.5 Å². The number of fused-ring (bicyclic) bond motifs is 1. The van der Waals surface area contributed by atoms with Gasteiger partial charge in [-0.15, -0.1) is 0 Å². The van der Waals surface area contributed by atoms with Crippen LogP contribution in [0.3, 0.4) is 0 Å². The standard InChI is InChI=1S/C29H52O3/c1-3-5-7-12-16-24-27-23(17-18-25(30)22-14-10-9-11-15-22)26(31)19-21-29(27,28(24)32)20-13-8-6-4-2/h22-27,30-31H,3-21H2,1-2H3/t23-,24?,25-,26+,27-,29-/m1/s1. The highest BCUT2D eigenvalue weighted by Gasteiger charge is 2.65. The molecular weight excluding hydrogens is 396 g/mol. The van der Waals surface area contributed by atoms with E-state index in [1.165, 1.54) is 57.8 Å². The number of carbonyl (C=O) groups is 1. The lowest BCUT2D eigenvalue weighted by Gasteiger charge is -2.61. The molecule has 2 N–H and O–H groups in total. The van der Waals surface area contributed by atoms with E-state index in [9.17, 15) is 15.0 Å². The van der Waals surface area contributed by atoms with E-state index < -0.39 is 0 Å². The van der Waals surface area contributed by atoms with E-state index in [1.54, 1.807) is 0 Å². The molecule has 0 spiro atoms. The molecule has 0 heterocycles. The molecule has 3 aliphatic carbocycles. The van der Waals surface area contributed by atoms with E-state index in [0.29, 0.717) is 17.6 Å². The average molecular weight is 449 g/mol. The van der Waals surface area contributed by atoms with Crippen molar-refractivity contribution in [3.8, 4) is 0 Å². The molecule has 0 saturated heterocycles. The molecule has 186 valence electrons. The van der Waals surface area contributed by atoms with Crippen LogP contribution in [0, 0.1) is 29.1 Å². The zero-order valence-electron chi connectivity index (χ0n) is 21.2. The second-order valence-electron chi connectivity index (χ2n) is 11.6. The molecule has 0 aliphatic heterocycles. The minimum absolute atomic E-state index is 0.150. The molecule has 3 heteroatoms. The number of Topliss-reactive ketones (excluding diaryl/α,β-unsaturated/α-hetero) is 1. The zero-order chi connectivity index (χ0) is 23.0. The SMILES string of the molecule is CCCCCCC1C(=O)[C@]2(CCCCCC)CC[C@H](O)[C@@H](CC[C@@H](O)C3CCCCC3)[C@H]12. The summed E-state index contributed by atoms with van der Waals surface area (Å²) in [6.45, 7) is 4.48. The van der Waals surface area contributed by atoms with Gasteiger partial charge in [-0.05, 0) is 69.1 Å². The van der Waals surface area contributed by atoms with E-state index in [4.69, 9.17) is 0 Å². The highest BCUT2D eigenvalue weighted by molar-refractivity contribution is 5.94. The Balaban J connectivity index is 1.66. The van der Waals surface area contributed by atoms with Gasteiger partial charge in [-0.25, -0.2) is 0 Å². The monoisotopic (exact) mass is 448 g/mol. The number of hydrogen-bond acceptors (Lipinski definition) is 3. The lowest BCUT2D eigenvalue weighted by Crippen LogP contribution is -2.64. The number of ketones is 1. The van der Waals surface area contributed by atoms with Crippen LogP contribution in [0.4, 0.5) is 0 Å². The molecule has 0 radical (unpaired) electrons. The smallest absolute Gasteiger partial charge is 0.142 e. The first-order valence-electron chi connectivity index (χ1n) is 14.5. The number of carbonyl (C=O) groups excluding carboxylic acids is 1. The molecule has 3 saturated carbocycles. The maximum Gasteiger partial charge on any atom is 0.142 e. The fourth-order valence-electron chi connectivity index (χ4n) is 7.72. The summed E-state index contributed by atoms with van der Waals surface area (Å²) in [4.78, 5) is 13.6. The highest BCUT2D eigenvalue weighted by atomic mass is 16.3. The maximum absolute atomic E-state index is 13.6. The predicted molar refractivity (Wildman–Crippen MR) is 132 cm³/mol. The first kappa shape index (κ1) is 26.2. The van der Waals surface area contributed by atoms with Crippen LogP contribution in [0.1, 0.15) is 136 Å². The third-order valence-corrected chi connectivity index (χ3v) is 9.58. The van der Waals surface area contributed by atoms with Gasteiger partial charge >= 0.3 is 0 Å². The Morgan fingerprint density at radius 3 is 2.28 bits per heavy atom. The van der Waals surface area contributed by atoms with Crippen LogP contribution in [0.5, 0.6) is 0 Å². The first-order chi connectivity index (χ1) is 15.5. The van der Waals surface area contributed by atoms with Crippen LogP contribution in [0.25, 0.3) is 0 Å². The number of hydrogen-bond donors (Lipinski definition) is 2. The fraction of sp³-hybridized carbons (Fsp3) is 0.966. The van der Waals surface area contributed by atoms with Gasteiger partial charge in [-0.3, -0.25) is 4.79 Å². The molecule has 6 atom stereocenters. The van der Waals surface area contributed by atoms with Crippen LogP contribution in [-0.2, 0) is 4.79 Å². The molecule has 3 rings (SSSR count). The zero-order valence-corrected chi connectivity index (χ0v) is 21.2. The third-order valence-electron chi connectivity index (χ3n) is 9.58. The van der Waals surface area contributed by atoms with Gasteiger partial charge in [0.05, 0.1) is 12.2 Å². The summed E-state index contributed by atoms with van der Waals surface area (Å²) in [6.07, 6.45) is 20.8. The second-order valence-corrected chi connectivity index (χ2v) is 11.6. The minimum atomic E-state index is -0.284. The van der Waals surface area contributed by atoms with Gasteiger partial charge in [0, 0.05) is 11.3 Å². The van der Waals surface area contributed by atoms with Gasteiger partial charge < -0.3 is 10.2 Å². The van der Waals surface area contributed by atoms with Gasteiger partial charge in [-0.2, -0.15) is 0 Å². The van der Waals surface area contributed by atoms with Gasteiger partial charge in [0.2, 0.25) is 0 Å². The van der Waals surface area contributed by atoms with E-state index in [2.05, 4.69) is 13.8 Å². The van der Waals surface area contributed by atoms with Crippen molar-refractivity contribution in [2.75, 3.05) is 0 Å². The summed E-state index contributed by atoms with van der Waals surface area (Å²) in [6, 6.07) is 0. The van der Waals surface area contributed by atoms with Crippen LogP contribution < -0.4 is 0 Å². The lowest BCUT2D eigenvalue weighted by molar-refractivity contribution is -0.184. The molecular formula is C29H52O3. The molecule has 0 aromatic carbocycles. The number of rotatable bonds is 14. The fourth-order valence-corrected chi connectivity index (χ4v) is 7.72. The first-order valence-corrected chi connectivity index (χ1v) is 14.5. The average Bonchev–Trinajstić information content (AvgIpc) is 2.82. The van der Waals surface area contributed by atoms with E-state index >= 15 is 0 Å². The largest absolute Gasteiger partial charge is 0.393 e. The molecule has 32 heavy (non-hydrogen) atoms. The quantitative estimate of drug-likeness (QED) is 0.276. The Bertz CT molecular complexity index is 555. The van der Waals surface area contributed by atoms with Crippen molar-refractivity contribution in [1.29, 1.82) is 0 Å². The van der Waals surface area contributed by atoms with Crippen LogP contribution in [0.15, 0.2) is 0 Å². The van der Waals surface area contributed by atoms with Crippen LogP contribution >= 0.6 is 0 Å².